The van der Waals surface area contributed by atoms with Crippen molar-refractivity contribution in [1.82, 2.24) is 5.32 Å². The topological polar surface area (TPSA) is 75.6 Å². The molecule has 0 rings (SSSR count). The first-order valence-electron chi connectivity index (χ1n) is 4.56. The molecule has 0 aromatic heterocycles. The van der Waals surface area contributed by atoms with Crippen LogP contribution >= 0.6 is 0 Å². The summed E-state index contributed by atoms with van der Waals surface area (Å²) in [5.74, 6) is -1.19. The maximum atomic E-state index is 11.4. The Kier molecular flexibility index (Phi) is 5.87. The lowest BCUT2D eigenvalue weighted by Crippen LogP contribution is -2.41. The Morgan fingerprint density at radius 2 is 2.07 bits per heavy atom. The maximum absolute atomic E-state index is 11.4. The number of carboxylic acids is 1. The van der Waals surface area contributed by atoms with Crippen molar-refractivity contribution in [1.29, 1.82) is 0 Å². The van der Waals surface area contributed by atoms with Crippen LogP contribution in [0, 0.1) is 0 Å². The largest absolute Gasteiger partial charge is 0.481 e. The molecule has 0 spiro atoms. The Bertz CT molecular complexity index is 201. The van der Waals surface area contributed by atoms with Gasteiger partial charge in [0.15, 0.2) is 0 Å². The zero-order valence-electron chi connectivity index (χ0n) is 8.74. The summed E-state index contributed by atoms with van der Waals surface area (Å²) >= 11 is 0. The number of carbonyl (C=O) groups is 2. The summed E-state index contributed by atoms with van der Waals surface area (Å²) in [6.45, 7) is 3.48. The second kappa shape index (κ2) is 6.37. The van der Waals surface area contributed by atoms with Gasteiger partial charge in [-0.15, -0.1) is 0 Å². The molecule has 2 N–H and O–H groups in total. The normalized spacial score (nSPS) is 14.5. The Balaban J connectivity index is 3.97. The van der Waals surface area contributed by atoms with Crippen molar-refractivity contribution in [2.75, 3.05) is 7.11 Å². The first kappa shape index (κ1) is 12.9. The lowest BCUT2D eigenvalue weighted by atomic mass is 10.2. The van der Waals surface area contributed by atoms with Gasteiger partial charge >= 0.3 is 5.97 Å². The first-order valence-corrected chi connectivity index (χ1v) is 4.56. The molecule has 0 saturated heterocycles. The number of rotatable bonds is 6. The van der Waals surface area contributed by atoms with E-state index < -0.39 is 12.1 Å². The van der Waals surface area contributed by atoms with Crippen LogP contribution in [0.15, 0.2) is 0 Å². The minimum atomic E-state index is -0.928. The fourth-order valence-corrected chi connectivity index (χ4v) is 1.11. The molecular formula is C9H17NO4. The van der Waals surface area contributed by atoms with Gasteiger partial charge in [-0.25, -0.2) is 0 Å². The van der Waals surface area contributed by atoms with Crippen LogP contribution in [0.2, 0.25) is 0 Å². The summed E-state index contributed by atoms with van der Waals surface area (Å²) in [6, 6.07) is -0.371. The molecule has 5 nitrogen and oxygen atoms in total. The minimum Gasteiger partial charge on any atom is -0.481 e. The van der Waals surface area contributed by atoms with Gasteiger partial charge < -0.3 is 15.2 Å². The van der Waals surface area contributed by atoms with E-state index >= 15 is 0 Å². The van der Waals surface area contributed by atoms with E-state index in [1.54, 1.807) is 6.92 Å². The lowest BCUT2D eigenvalue weighted by molar-refractivity contribution is -0.138. The SMILES string of the molecule is CCC(OC)C(=O)NC(C)CC(=O)O. The average molecular weight is 203 g/mol. The molecular weight excluding hydrogens is 186 g/mol. The van der Waals surface area contributed by atoms with E-state index in [2.05, 4.69) is 5.32 Å². The number of ether oxygens (including phenoxy) is 1. The van der Waals surface area contributed by atoms with Crippen molar-refractivity contribution in [3.8, 4) is 0 Å². The molecule has 0 aromatic rings. The van der Waals surface area contributed by atoms with Gasteiger partial charge in [-0.1, -0.05) is 6.92 Å². The Morgan fingerprint density at radius 3 is 2.43 bits per heavy atom. The summed E-state index contributed by atoms with van der Waals surface area (Å²) in [5.41, 5.74) is 0. The Labute approximate surface area is 83.4 Å². The van der Waals surface area contributed by atoms with Crippen LogP contribution in [0.1, 0.15) is 26.7 Å². The molecule has 0 aliphatic rings. The van der Waals surface area contributed by atoms with Gasteiger partial charge in [0.05, 0.1) is 6.42 Å². The van der Waals surface area contributed by atoms with E-state index in [1.807, 2.05) is 6.92 Å². The van der Waals surface area contributed by atoms with E-state index in [9.17, 15) is 9.59 Å². The Morgan fingerprint density at radius 1 is 1.50 bits per heavy atom. The average Bonchev–Trinajstić information content (AvgIpc) is 2.04. The number of nitrogens with one attached hydrogen (secondary N) is 1. The van der Waals surface area contributed by atoms with Gasteiger partial charge in [0.2, 0.25) is 5.91 Å². The third-order valence-electron chi connectivity index (χ3n) is 1.82. The second-order valence-corrected chi connectivity index (χ2v) is 3.14. The highest BCUT2D eigenvalue weighted by atomic mass is 16.5. The number of methoxy groups -OCH3 is 1. The third kappa shape index (κ3) is 4.81. The molecule has 0 aromatic carbocycles. The molecule has 82 valence electrons. The van der Waals surface area contributed by atoms with Crippen molar-refractivity contribution in [3.63, 3.8) is 0 Å². The molecule has 14 heavy (non-hydrogen) atoms. The molecule has 0 aliphatic heterocycles. The first-order chi connectivity index (χ1) is 6.51. The van der Waals surface area contributed by atoms with Crippen LogP contribution in [-0.2, 0) is 14.3 Å². The fraction of sp³-hybridized carbons (Fsp3) is 0.778. The molecule has 0 aliphatic carbocycles. The van der Waals surface area contributed by atoms with E-state index in [0.29, 0.717) is 6.42 Å². The molecule has 2 atom stereocenters. The number of carboxylic acid groups (broad SMARTS) is 1. The molecule has 0 radical (unpaired) electrons. The molecule has 0 bridgehead atoms. The summed E-state index contributed by atoms with van der Waals surface area (Å²) in [4.78, 5) is 21.7. The lowest BCUT2D eigenvalue weighted by Gasteiger charge is -2.16. The zero-order chi connectivity index (χ0) is 11.1. The molecule has 5 heteroatoms. The quantitative estimate of drug-likeness (QED) is 0.654. The summed E-state index contributed by atoms with van der Waals surface area (Å²) in [5, 5.41) is 11.0. The van der Waals surface area contributed by atoms with Crippen molar-refractivity contribution >= 4 is 11.9 Å². The molecule has 0 saturated carbocycles. The van der Waals surface area contributed by atoms with Gasteiger partial charge in [0.25, 0.3) is 0 Å². The fourth-order valence-electron chi connectivity index (χ4n) is 1.11. The number of amides is 1. The van der Waals surface area contributed by atoms with E-state index in [0.717, 1.165) is 0 Å². The number of hydrogen-bond donors (Lipinski definition) is 2. The van der Waals surface area contributed by atoms with E-state index in [4.69, 9.17) is 9.84 Å². The highest BCUT2D eigenvalue weighted by molar-refractivity contribution is 5.81. The summed E-state index contributed by atoms with van der Waals surface area (Å²) in [7, 11) is 1.45. The smallest absolute Gasteiger partial charge is 0.305 e. The number of carbonyl (C=O) groups excluding carboxylic acids is 1. The van der Waals surface area contributed by atoms with Crippen LogP contribution in [-0.4, -0.2) is 36.2 Å². The van der Waals surface area contributed by atoms with Crippen molar-refractivity contribution < 1.29 is 19.4 Å². The van der Waals surface area contributed by atoms with Crippen molar-refractivity contribution in [2.24, 2.45) is 0 Å². The van der Waals surface area contributed by atoms with Crippen molar-refractivity contribution in [2.45, 2.75) is 38.8 Å². The third-order valence-corrected chi connectivity index (χ3v) is 1.82. The molecule has 1 amide bonds. The monoisotopic (exact) mass is 203 g/mol. The molecule has 0 heterocycles. The summed E-state index contributed by atoms with van der Waals surface area (Å²) in [6.07, 6.45) is -0.000157. The zero-order valence-corrected chi connectivity index (χ0v) is 8.74. The van der Waals surface area contributed by atoms with Crippen LogP contribution in [0.4, 0.5) is 0 Å². The highest BCUT2D eigenvalue weighted by Crippen LogP contribution is 1.98. The summed E-state index contributed by atoms with van der Waals surface area (Å²) < 4.78 is 4.91. The van der Waals surface area contributed by atoms with Crippen LogP contribution in [0.3, 0.4) is 0 Å². The molecule has 2 unspecified atom stereocenters. The van der Waals surface area contributed by atoms with Gasteiger partial charge in [0.1, 0.15) is 6.10 Å². The second-order valence-electron chi connectivity index (χ2n) is 3.14. The van der Waals surface area contributed by atoms with Crippen LogP contribution < -0.4 is 5.32 Å². The van der Waals surface area contributed by atoms with Crippen LogP contribution in [0.5, 0.6) is 0 Å². The van der Waals surface area contributed by atoms with Gasteiger partial charge in [-0.05, 0) is 13.3 Å². The van der Waals surface area contributed by atoms with E-state index in [1.165, 1.54) is 7.11 Å². The predicted molar refractivity (Wildman–Crippen MR) is 50.9 cm³/mol. The van der Waals surface area contributed by atoms with Gasteiger partial charge in [0, 0.05) is 13.2 Å². The predicted octanol–water partition coefficient (Wildman–Crippen LogP) is 0.391. The number of aliphatic carboxylic acids is 1. The van der Waals surface area contributed by atoms with Crippen molar-refractivity contribution in [3.05, 3.63) is 0 Å². The van der Waals surface area contributed by atoms with Crippen LogP contribution in [0.25, 0.3) is 0 Å². The minimum absolute atomic E-state index is 0.0775. The highest BCUT2D eigenvalue weighted by Gasteiger charge is 2.18. The van der Waals surface area contributed by atoms with E-state index in [-0.39, 0.29) is 18.4 Å². The Hall–Kier alpha value is -1.10. The number of hydrogen-bond acceptors (Lipinski definition) is 3. The molecule has 0 fully saturated rings. The standard InChI is InChI=1S/C9H17NO4/c1-4-7(14-3)9(13)10-6(2)5-8(11)12/h6-7H,4-5H2,1-3H3,(H,10,13)(H,11,12). The maximum Gasteiger partial charge on any atom is 0.305 e. The van der Waals surface area contributed by atoms with Gasteiger partial charge in [-0.2, -0.15) is 0 Å². The van der Waals surface area contributed by atoms with Gasteiger partial charge in [-0.3, -0.25) is 9.59 Å².